The van der Waals surface area contributed by atoms with Crippen LogP contribution in [0.4, 0.5) is 0 Å². The summed E-state index contributed by atoms with van der Waals surface area (Å²) in [5.41, 5.74) is 5.63. The maximum absolute atomic E-state index is 12.0. The number of carbonyl (C=O) groups excluding carboxylic acids is 1. The minimum atomic E-state index is -0.00785. The Labute approximate surface area is 108 Å². The summed E-state index contributed by atoms with van der Waals surface area (Å²) in [6.45, 7) is 7.23. The standard InChI is InChI=1S/C13H21N3O2/c1-11(9-14)10-15-4-6-16(7-5-15)13(17)12-3-2-8-18-12/h2-3,8,11H,4-7,9-10,14H2,1H3. The first-order valence-electron chi connectivity index (χ1n) is 6.46. The van der Waals surface area contributed by atoms with Crippen LogP contribution in [0.3, 0.4) is 0 Å². The molecule has 1 amide bonds. The molecule has 2 heterocycles. The summed E-state index contributed by atoms with van der Waals surface area (Å²) in [5, 5.41) is 0. The predicted molar refractivity (Wildman–Crippen MR) is 69.3 cm³/mol. The number of piperazine rings is 1. The largest absolute Gasteiger partial charge is 0.459 e. The Bertz CT molecular complexity index is 370. The van der Waals surface area contributed by atoms with E-state index in [0.29, 0.717) is 18.2 Å². The number of nitrogens with zero attached hydrogens (tertiary/aromatic N) is 2. The molecule has 5 heteroatoms. The maximum Gasteiger partial charge on any atom is 0.289 e. The Morgan fingerprint density at radius 3 is 2.72 bits per heavy atom. The van der Waals surface area contributed by atoms with Gasteiger partial charge in [-0.15, -0.1) is 0 Å². The normalized spacial score (nSPS) is 18.9. The van der Waals surface area contributed by atoms with Crippen molar-refractivity contribution >= 4 is 5.91 Å². The van der Waals surface area contributed by atoms with Crippen molar-refractivity contribution in [2.45, 2.75) is 6.92 Å². The lowest BCUT2D eigenvalue weighted by Gasteiger charge is -2.35. The summed E-state index contributed by atoms with van der Waals surface area (Å²) in [5.74, 6) is 0.933. The first kappa shape index (κ1) is 13.1. The van der Waals surface area contributed by atoms with Crippen molar-refractivity contribution in [2.24, 2.45) is 11.7 Å². The van der Waals surface area contributed by atoms with E-state index in [2.05, 4.69) is 11.8 Å². The second-order valence-corrected chi connectivity index (χ2v) is 4.91. The summed E-state index contributed by atoms with van der Waals surface area (Å²) in [4.78, 5) is 16.3. The van der Waals surface area contributed by atoms with Gasteiger partial charge < -0.3 is 15.1 Å². The summed E-state index contributed by atoms with van der Waals surface area (Å²) < 4.78 is 5.14. The fourth-order valence-corrected chi connectivity index (χ4v) is 2.20. The molecule has 18 heavy (non-hydrogen) atoms. The van der Waals surface area contributed by atoms with E-state index in [1.165, 1.54) is 6.26 Å². The number of hydrogen-bond acceptors (Lipinski definition) is 4. The number of hydrogen-bond donors (Lipinski definition) is 1. The van der Waals surface area contributed by atoms with Gasteiger partial charge in [-0.2, -0.15) is 0 Å². The van der Waals surface area contributed by atoms with Crippen LogP contribution >= 0.6 is 0 Å². The lowest BCUT2D eigenvalue weighted by molar-refractivity contribution is 0.0591. The van der Waals surface area contributed by atoms with E-state index in [1.54, 1.807) is 12.1 Å². The molecule has 2 N–H and O–H groups in total. The Balaban J connectivity index is 1.81. The summed E-state index contributed by atoms with van der Waals surface area (Å²) >= 11 is 0. The van der Waals surface area contributed by atoms with Crippen LogP contribution in [0.1, 0.15) is 17.5 Å². The second kappa shape index (κ2) is 6.02. The zero-order valence-corrected chi connectivity index (χ0v) is 10.8. The Morgan fingerprint density at radius 2 is 2.17 bits per heavy atom. The van der Waals surface area contributed by atoms with E-state index >= 15 is 0 Å². The van der Waals surface area contributed by atoms with Crippen LogP contribution in [0, 0.1) is 5.92 Å². The quantitative estimate of drug-likeness (QED) is 0.852. The van der Waals surface area contributed by atoms with E-state index in [4.69, 9.17) is 10.2 Å². The minimum absolute atomic E-state index is 0.00785. The number of nitrogens with two attached hydrogens (primary N) is 1. The monoisotopic (exact) mass is 251 g/mol. The Hall–Kier alpha value is -1.33. The number of furan rings is 1. The second-order valence-electron chi connectivity index (χ2n) is 4.91. The predicted octanol–water partition coefficient (Wildman–Crippen LogP) is 0.632. The third kappa shape index (κ3) is 3.11. The molecule has 1 saturated heterocycles. The molecule has 2 rings (SSSR count). The maximum atomic E-state index is 12.0. The minimum Gasteiger partial charge on any atom is -0.459 e. The van der Waals surface area contributed by atoms with E-state index < -0.39 is 0 Å². The molecule has 1 atom stereocenters. The van der Waals surface area contributed by atoms with Crippen molar-refractivity contribution in [3.05, 3.63) is 24.2 Å². The fraction of sp³-hybridized carbons (Fsp3) is 0.615. The molecule has 0 aromatic carbocycles. The number of amides is 1. The van der Waals surface area contributed by atoms with Crippen LogP contribution in [0.5, 0.6) is 0 Å². The molecule has 1 aromatic heterocycles. The highest BCUT2D eigenvalue weighted by atomic mass is 16.3. The SMILES string of the molecule is CC(CN)CN1CCN(C(=O)c2ccco2)CC1. The molecule has 1 unspecified atom stereocenters. The third-order valence-electron chi connectivity index (χ3n) is 3.36. The van der Waals surface area contributed by atoms with Crippen LogP contribution in [0.15, 0.2) is 22.8 Å². The van der Waals surface area contributed by atoms with Gasteiger partial charge >= 0.3 is 0 Å². The van der Waals surface area contributed by atoms with Crippen molar-refractivity contribution < 1.29 is 9.21 Å². The molecule has 0 radical (unpaired) electrons. The van der Waals surface area contributed by atoms with Crippen LogP contribution in [-0.2, 0) is 0 Å². The summed E-state index contributed by atoms with van der Waals surface area (Å²) in [6, 6.07) is 3.46. The first-order valence-corrected chi connectivity index (χ1v) is 6.46. The van der Waals surface area contributed by atoms with Crippen molar-refractivity contribution in [1.29, 1.82) is 0 Å². The smallest absolute Gasteiger partial charge is 0.289 e. The number of rotatable bonds is 4. The zero-order chi connectivity index (χ0) is 13.0. The Kier molecular flexibility index (Phi) is 4.38. The molecule has 100 valence electrons. The van der Waals surface area contributed by atoms with Crippen molar-refractivity contribution in [3.63, 3.8) is 0 Å². The average Bonchev–Trinajstić information content (AvgIpc) is 2.92. The van der Waals surface area contributed by atoms with Gasteiger partial charge in [0.15, 0.2) is 5.76 Å². The molecule has 1 aromatic rings. The highest BCUT2D eigenvalue weighted by Crippen LogP contribution is 2.10. The van der Waals surface area contributed by atoms with E-state index in [1.807, 2.05) is 4.90 Å². The van der Waals surface area contributed by atoms with E-state index in [9.17, 15) is 4.79 Å². The van der Waals surface area contributed by atoms with E-state index in [0.717, 1.165) is 32.7 Å². The van der Waals surface area contributed by atoms with Crippen LogP contribution in [0.2, 0.25) is 0 Å². The fourth-order valence-electron chi connectivity index (χ4n) is 2.20. The van der Waals surface area contributed by atoms with Crippen LogP contribution in [0.25, 0.3) is 0 Å². The molecule has 1 aliphatic heterocycles. The van der Waals surface area contributed by atoms with Gasteiger partial charge in [-0.05, 0) is 24.6 Å². The number of carbonyl (C=O) groups is 1. The van der Waals surface area contributed by atoms with Crippen molar-refractivity contribution in [3.8, 4) is 0 Å². The summed E-state index contributed by atoms with van der Waals surface area (Å²) in [6.07, 6.45) is 1.53. The van der Waals surface area contributed by atoms with Crippen molar-refractivity contribution in [1.82, 2.24) is 9.80 Å². The molecular formula is C13H21N3O2. The molecule has 1 fully saturated rings. The van der Waals surface area contributed by atoms with Gasteiger partial charge in [0.25, 0.3) is 5.91 Å². The molecule has 0 bridgehead atoms. The van der Waals surface area contributed by atoms with Crippen LogP contribution < -0.4 is 5.73 Å². The topological polar surface area (TPSA) is 62.7 Å². The van der Waals surface area contributed by atoms with Crippen LogP contribution in [-0.4, -0.2) is 55.0 Å². The van der Waals surface area contributed by atoms with Gasteiger partial charge in [0.05, 0.1) is 6.26 Å². The molecule has 1 aliphatic rings. The lowest BCUT2D eigenvalue weighted by atomic mass is 10.1. The molecule has 0 saturated carbocycles. The van der Waals surface area contributed by atoms with Gasteiger partial charge in [-0.25, -0.2) is 0 Å². The van der Waals surface area contributed by atoms with Gasteiger partial charge in [-0.1, -0.05) is 6.92 Å². The third-order valence-corrected chi connectivity index (χ3v) is 3.36. The summed E-state index contributed by atoms with van der Waals surface area (Å²) in [7, 11) is 0. The highest BCUT2D eigenvalue weighted by molar-refractivity contribution is 5.91. The molecule has 0 spiro atoms. The average molecular weight is 251 g/mol. The molecular weight excluding hydrogens is 230 g/mol. The molecule has 0 aliphatic carbocycles. The van der Waals surface area contributed by atoms with Crippen molar-refractivity contribution in [2.75, 3.05) is 39.3 Å². The van der Waals surface area contributed by atoms with Gasteiger partial charge in [-0.3, -0.25) is 9.69 Å². The van der Waals surface area contributed by atoms with Gasteiger partial charge in [0.2, 0.25) is 0 Å². The lowest BCUT2D eigenvalue weighted by Crippen LogP contribution is -2.50. The van der Waals surface area contributed by atoms with Gasteiger partial charge in [0.1, 0.15) is 0 Å². The highest BCUT2D eigenvalue weighted by Gasteiger charge is 2.23. The van der Waals surface area contributed by atoms with Gasteiger partial charge in [0, 0.05) is 32.7 Å². The van der Waals surface area contributed by atoms with E-state index in [-0.39, 0.29) is 5.91 Å². The zero-order valence-electron chi connectivity index (χ0n) is 10.8. The molecule has 5 nitrogen and oxygen atoms in total. The Morgan fingerprint density at radius 1 is 1.44 bits per heavy atom. The first-order chi connectivity index (χ1) is 8.70.